The first-order valence-corrected chi connectivity index (χ1v) is 8.17. The molecule has 0 bridgehead atoms. The third-order valence-corrected chi connectivity index (χ3v) is 5.08. The number of hydrogen-bond donors (Lipinski definition) is 0. The van der Waals surface area contributed by atoms with Gasteiger partial charge in [0.2, 0.25) is 0 Å². The van der Waals surface area contributed by atoms with Crippen LogP contribution in [0.2, 0.25) is 0 Å². The molecule has 0 N–H and O–H groups in total. The van der Waals surface area contributed by atoms with E-state index >= 15 is 0 Å². The Kier molecular flexibility index (Phi) is 6.07. The second-order valence-electron chi connectivity index (χ2n) is 3.95. The largest absolute Gasteiger partial charge is 0.361 e. The van der Waals surface area contributed by atoms with Crippen LogP contribution < -0.4 is 5.30 Å². The average Bonchev–Trinajstić information content (AvgIpc) is 2.38. The van der Waals surface area contributed by atoms with Crippen molar-refractivity contribution in [2.45, 2.75) is 40.5 Å². The summed E-state index contributed by atoms with van der Waals surface area (Å²) < 4.78 is 23.7. The lowest BCUT2D eigenvalue weighted by molar-refractivity contribution is 0.229. The van der Waals surface area contributed by atoms with E-state index in [0.717, 1.165) is 23.7 Å². The summed E-state index contributed by atoms with van der Waals surface area (Å²) in [6.07, 6.45) is 1.76. The molecule has 1 aromatic rings. The highest BCUT2D eigenvalue weighted by atomic mass is 31.2. The SMILES string of the molecule is CCOP(=O)(OCC)c1cccc(CC)c1CC. The van der Waals surface area contributed by atoms with Crippen molar-refractivity contribution in [1.82, 2.24) is 0 Å². The molecule has 18 heavy (non-hydrogen) atoms. The second-order valence-corrected chi connectivity index (χ2v) is 5.95. The van der Waals surface area contributed by atoms with Gasteiger partial charge in [-0.25, -0.2) is 0 Å². The summed E-state index contributed by atoms with van der Waals surface area (Å²) >= 11 is 0. The molecule has 0 saturated heterocycles. The van der Waals surface area contributed by atoms with Crippen molar-refractivity contribution in [2.24, 2.45) is 0 Å². The predicted octanol–water partition coefficient (Wildman–Crippen LogP) is 3.70. The molecule has 0 radical (unpaired) electrons. The standard InChI is InChI=1S/C14H23O3P/c1-5-12-10-9-11-14(13(12)6-2)18(15,16-7-3)17-8-4/h9-11H,5-8H2,1-4H3. The number of rotatable bonds is 7. The molecule has 0 aromatic heterocycles. The Morgan fingerprint density at radius 1 is 1.00 bits per heavy atom. The minimum atomic E-state index is -3.17. The zero-order valence-electron chi connectivity index (χ0n) is 11.7. The van der Waals surface area contributed by atoms with Crippen molar-refractivity contribution in [3.63, 3.8) is 0 Å². The molecule has 0 spiro atoms. The first-order valence-electron chi connectivity index (χ1n) is 6.63. The fourth-order valence-electron chi connectivity index (χ4n) is 2.13. The van der Waals surface area contributed by atoms with Crippen molar-refractivity contribution in [1.29, 1.82) is 0 Å². The Labute approximate surface area is 110 Å². The van der Waals surface area contributed by atoms with Crippen molar-refractivity contribution < 1.29 is 13.6 Å². The molecule has 0 aliphatic rings. The highest BCUT2D eigenvalue weighted by molar-refractivity contribution is 7.62. The van der Waals surface area contributed by atoms with Crippen molar-refractivity contribution in [3.8, 4) is 0 Å². The zero-order valence-corrected chi connectivity index (χ0v) is 12.6. The Hall–Kier alpha value is -0.630. The zero-order chi connectivity index (χ0) is 13.6. The highest BCUT2D eigenvalue weighted by Gasteiger charge is 2.29. The molecular formula is C14H23O3P. The molecule has 0 atom stereocenters. The van der Waals surface area contributed by atoms with Crippen LogP contribution in [-0.2, 0) is 26.5 Å². The van der Waals surface area contributed by atoms with Gasteiger partial charge < -0.3 is 9.05 Å². The van der Waals surface area contributed by atoms with Gasteiger partial charge in [-0.05, 0) is 43.9 Å². The van der Waals surface area contributed by atoms with Crippen LogP contribution in [0.5, 0.6) is 0 Å². The summed E-state index contributed by atoms with van der Waals surface area (Å²) in [6.45, 7) is 8.61. The van der Waals surface area contributed by atoms with Crippen LogP contribution in [0, 0.1) is 0 Å². The van der Waals surface area contributed by atoms with Crippen molar-refractivity contribution in [2.75, 3.05) is 13.2 Å². The van der Waals surface area contributed by atoms with Gasteiger partial charge in [0.05, 0.1) is 18.5 Å². The average molecular weight is 270 g/mol. The second kappa shape index (κ2) is 7.08. The van der Waals surface area contributed by atoms with Gasteiger partial charge in [0, 0.05) is 0 Å². The van der Waals surface area contributed by atoms with Crippen LogP contribution in [0.3, 0.4) is 0 Å². The summed E-state index contributed by atoms with van der Waals surface area (Å²) in [5.41, 5.74) is 2.32. The van der Waals surface area contributed by atoms with E-state index in [2.05, 4.69) is 19.9 Å². The van der Waals surface area contributed by atoms with Gasteiger partial charge in [-0.15, -0.1) is 0 Å². The molecule has 102 valence electrons. The minimum absolute atomic E-state index is 0.386. The van der Waals surface area contributed by atoms with Crippen LogP contribution >= 0.6 is 7.60 Å². The van der Waals surface area contributed by atoms with Crippen LogP contribution in [0.4, 0.5) is 0 Å². The smallest absolute Gasteiger partial charge is 0.305 e. The summed E-state index contributed by atoms with van der Waals surface area (Å²) in [5, 5.41) is 0.730. The van der Waals surface area contributed by atoms with Crippen LogP contribution in [0.15, 0.2) is 18.2 Å². The van der Waals surface area contributed by atoms with Crippen LogP contribution in [0.25, 0.3) is 0 Å². The molecule has 0 heterocycles. The first kappa shape index (κ1) is 15.4. The molecule has 0 unspecified atom stereocenters. The van der Waals surface area contributed by atoms with E-state index < -0.39 is 7.60 Å². The van der Waals surface area contributed by atoms with E-state index in [0.29, 0.717) is 13.2 Å². The molecule has 0 aliphatic carbocycles. The lowest BCUT2D eigenvalue weighted by Gasteiger charge is -2.21. The van der Waals surface area contributed by atoms with E-state index in [1.807, 2.05) is 26.0 Å². The molecule has 1 aromatic carbocycles. The molecule has 4 heteroatoms. The molecular weight excluding hydrogens is 247 g/mol. The number of hydrogen-bond acceptors (Lipinski definition) is 3. The van der Waals surface area contributed by atoms with Crippen LogP contribution in [-0.4, -0.2) is 13.2 Å². The van der Waals surface area contributed by atoms with Gasteiger partial charge in [0.15, 0.2) is 0 Å². The summed E-state index contributed by atoms with van der Waals surface area (Å²) in [4.78, 5) is 0. The van der Waals surface area contributed by atoms with Gasteiger partial charge in [0.25, 0.3) is 0 Å². The Bertz CT molecular complexity index is 419. The maximum atomic E-state index is 12.8. The third kappa shape index (κ3) is 3.23. The lowest BCUT2D eigenvalue weighted by atomic mass is 10.0. The monoisotopic (exact) mass is 270 g/mol. The van der Waals surface area contributed by atoms with E-state index in [-0.39, 0.29) is 0 Å². The van der Waals surface area contributed by atoms with Gasteiger partial charge in [-0.1, -0.05) is 26.0 Å². The van der Waals surface area contributed by atoms with E-state index in [1.54, 1.807) is 0 Å². The van der Waals surface area contributed by atoms with Crippen molar-refractivity contribution >= 4 is 12.9 Å². The number of benzene rings is 1. The maximum Gasteiger partial charge on any atom is 0.361 e. The fourth-order valence-corrected chi connectivity index (χ4v) is 4.07. The summed E-state index contributed by atoms with van der Waals surface area (Å²) in [5.74, 6) is 0. The Morgan fingerprint density at radius 2 is 1.61 bits per heavy atom. The van der Waals surface area contributed by atoms with E-state index in [4.69, 9.17) is 9.05 Å². The van der Waals surface area contributed by atoms with Gasteiger partial charge >= 0.3 is 7.60 Å². The lowest BCUT2D eigenvalue weighted by Crippen LogP contribution is -2.17. The molecule has 0 fully saturated rings. The Morgan fingerprint density at radius 3 is 2.06 bits per heavy atom. The molecule has 0 aliphatic heterocycles. The Balaban J connectivity index is 3.31. The molecule has 3 nitrogen and oxygen atoms in total. The highest BCUT2D eigenvalue weighted by Crippen LogP contribution is 2.48. The summed E-state index contributed by atoms with van der Waals surface area (Å²) in [7, 11) is -3.17. The topological polar surface area (TPSA) is 35.5 Å². The third-order valence-electron chi connectivity index (χ3n) is 2.88. The van der Waals surface area contributed by atoms with Gasteiger partial charge in [-0.3, -0.25) is 4.57 Å². The minimum Gasteiger partial charge on any atom is -0.305 e. The maximum absolute atomic E-state index is 12.8. The van der Waals surface area contributed by atoms with E-state index in [1.165, 1.54) is 5.56 Å². The molecule has 0 amide bonds. The summed E-state index contributed by atoms with van der Waals surface area (Å²) in [6, 6.07) is 5.87. The first-order chi connectivity index (χ1) is 8.62. The van der Waals surface area contributed by atoms with Crippen molar-refractivity contribution in [3.05, 3.63) is 29.3 Å². The van der Waals surface area contributed by atoms with Gasteiger partial charge in [-0.2, -0.15) is 0 Å². The van der Waals surface area contributed by atoms with Gasteiger partial charge in [0.1, 0.15) is 0 Å². The van der Waals surface area contributed by atoms with E-state index in [9.17, 15) is 4.57 Å². The molecule has 0 saturated carbocycles. The quantitative estimate of drug-likeness (QED) is 0.709. The number of aryl methyl sites for hydroxylation is 1. The fraction of sp³-hybridized carbons (Fsp3) is 0.571. The normalized spacial score (nSPS) is 11.8. The molecule has 1 rings (SSSR count). The predicted molar refractivity (Wildman–Crippen MR) is 75.7 cm³/mol. The van der Waals surface area contributed by atoms with Crippen LogP contribution in [0.1, 0.15) is 38.8 Å².